The van der Waals surface area contributed by atoms with Gasteiger partial charge in [0.2, 0.25) is 10.0 Å². The number of carboxylic acid groups (broad SMARTS) is 1. The molecule has 6 nitrogen and oxygen atoms in total. The Kier molecular flexibility index (Phi) is 4.62. The fourth-order valence-electron chi connectivity index (χ4n) is 1.57. The highest BCUT2D eigenvalue weighted by Crippen LogP contribution is 2.21. The van der Waals surface area contributed by atoms with Crippen molar-refractivity contribution in [2.45, 2.75) is 18.4 Å². The molecule has 0 aliphatic rings. The number of aryl methyl sites for hydroxylation is 1. The second kappa shape index (κ2) is 6.10. The van der Waals surface area contributed by atoms with Crippen LogP contribution >= 0.6 is 22.9 Å². The van der Waals surface area contributed by atoms with Crippen LogP contribution in [0.3, 0.4) is 0 Å². The van der Waals surface area contributed by atoms with Crippen LogP contribution < -0.4 is 4.72 Å². The quantitative estimate of drug-likeness (QED) is 0.865. The average molecular weight is 347 g/mol. The summed E-state index contributed by atoms with van der Waals surface area (Å²) in [5, 5.41) is 9.78. The molecule has 0 bridgehead atoms. The Balaban J connectivity index is 2.23. The Morgan fingerprint density at radius 1 is 1.48 bits per heavy atom. The third kappa shape index (κ3) is 3.79. The third-order valence-corrected chi connectivity index (χ3v) is 5.23. The monoisotopic (exact) mass is 346 g/mol. The summed E-state index contributed by atoms with van der Waals surface area (Å²) in [6.45, 7) is 1.92. The molecule has 0 spiro atoms. The summed E-state index contributed by atoms with van der Waals surface area (Å²) >= 11 is 7.10. The largest absolute Gasteiger partial charge is 0.478 e. The van der Waals surface area contributed by atoms with Gasteiger partial charge in [-0.1, -0.05) is 11.6 Å². The minimum atomic E-state index is -3.82. The van der Waals surface area contributed by atoms with E-state index in [2.05, 4.69) is 9.71 Å². The van der Waals surface area contributed by atoms with E-state index in [0.717, 1.165) is 16.0 Å². The van der Waals surface area contributed by atoms with Crippen molar-refractivity contribution in [1.82, 2.24) is 9.71 Å². The van der Waals surface area contributed by atoms with Crippen molar-refractivity contribution >= 4 is 38.9 Å². The number of aromatic nitrogens is 1. The number of hydrogen-bond acceptors (Lipinski definition) is 5. The van der Waals surface area contributed by atoms with E-state index in [1.54, 1.807) is 6.20 Å². The fraction of sp³-hybridized carbons (Fsp3) is 0.167. The van der Waals surface area contributed by atoms with E-state index in [1.165, 1.54) is 23.5 Å². The maximum absolute atomic E-state index is 12.1. The molecule has 2 rings (SSSR count). The Morgan fingerprint density at radius 3 is 2.76 bits per heavy atom. The highest BCUT2D eigenvalue weighted by atomic mass is 35.5. The number of nitrogens with one attached hydrogen (secondary N) is 1. The minimum Gasteiger partial charge on any atom is -0.478 e. The van der Waals surface area contributed by atoms with Crippen LogP contribution in [-0.2, 0) is 16.6 Å². The van der Waals surface area contributed by atoms with Gasteiger partial charge in [0.1, 0.15) is 0 Å². The molecule has 0 saturated carbocycles. The van der Waals surface area contributed by atoms with Crippen LogP contribution in [0.25, 0.3) is 0 Å². The number of sulfonamides is 1. The van der Waals surface area contributed by atoms with Gasteiger partial charge in [0, 0.05) is 17.6 Å². The summed E-state index contributed by atoms with van der Waals surface area (Å²) in [4.78, 5) is 15.6. The number of benzene rings is 1. The minimum absolute atomic E-state index is 0.0143. The normalized spacial score (nSPS) is 11.5. The summed E-state index contributed by atoms with van der Waals surface area (Å²) in [5.74, 6) is -1.28. The van der Waals surface area contributed by atoms with E-state index in [9.17, 15) is 13.2 Å². The number of carbonyl (C=O) groups is 1. The standard InChI is InChI=1S/C12H11ClN2O4S2/c1-7-14-5-8(20-7)6-15-21(18,19)9-2-3-11(13)10(4-9)12(16)17/h2-5,15H,6H2,1H3,(H,16,17). The summed E-state index contributed by atoms with van der Waals surface area (Å²) in [6, 6.07) is 3.54. The lowest BCUT2D eigenvalue weighted by atomic mass is 10.2. The van der Waals surface area contributed by atoms with E-state index in [1.807, 2.05) is 6.92 Å². The van der Waals surface area contributed by atoms with Gasteiger partial charge >= 0.3 is 5.97 Å². The third-order valence-electron chi connectivity index (χ3n) is 2.58. The van der Waals surface area contributed by atoms with Gasteiger partial charge in [-0.15, -0.1) is 11.3 Å². The Morgan fingerprint density at radius 2 is 2.19 bits per heavy atom. The summed E-state index contributed by atoms with van der Waals surface area (Å²) in [5.41, 5.74) is -0.256. The first-order valence-corrected chi connectivity index (χ1v) is 8.41. The molecule has 2 N–H and O–H groups in total. The Bertz CT molecular complexity index is 786. The van der Waals surface area contributed by atoms with Crippen molar-refractivity contribution in [3.63, 3.8) is 0 Å². The first-order chi connectivity index (χ1) is 9.79. The number of hydrogen-bond donors (Lipinski definition) is 2. The zero-order chi connectivity index (χ0) is 15.6. The molecule has 0 radical (unpaired) electrons. The maximum atomic E-state index is 12.1. The molecule has 1 aromatic carbocycles. The summed E-state index contributed by atoms with van der Waals surface area (Å²) < 4.78 is 26.7. The van der Waals surface area contributed by atoms with E-state index in [0.29, 0.717) is 0 Å². The van der Waals surface area contributed by atoms with Crippen LogP contribution in [0.5, 0.6) is 0 Å². The van der Waals surface area contributed by atoms with Crippen molar-refractivity contribution < 1.29 is 18.3 Å². The van der Waals surface area contributed by atoms with Gasteiger partial charge in [-0.25, -0.2) is 22.9 Å². The number of thiazole rings is 1. The van der Waals surface area contributed by atoms with Crippen LogP contribution in [0.4, 0.5) is 0 Å². The molecule has 0 unspecified atom stereocenters. The van der Waals surface area contributed by atoms with Gasteiger partial charge in [-0.2, -0.15) is 0 Å². The molecular formula is C12H11ClN2O4S2. The van der Waals surface area contributed by atoms with Crippen LogP contribution in [0.2, 0.25) is 5.02 Å². The first-order valence-electron chi connectivity index (χ1n) is 5.73. The second-order valence-corrected chi connectivity index (χ2v) is 7.61. The van der Waals surface area contributed by atoms with Crippen LogP contribution in [0.1, 0.15) is 20.2 Å². The van der Waals surface area contributed by atoms with Gasteiger partial charge in [-0.3, -0.25) is 0 Å². The number of aromatic carboxylic acids is 1. The highest BCUT2D eigenvalue weighted by molar-refractivity contribution is 7.89. The lowest BCUT2D eigenvalue weighted by Gasteiger charge is -2.07. The SMILES string of the molecule is Cc1ncc(CNS(=O)(=O)c2ccc(Cl)c(C(=O)O)c2)s1. The van der Waals surface area contributed by atoms with Crippen LogP contribution in [-0.4, -0.2) is 24.5 Å². The molecule has 0 aliphatic carbocycles. The number of rotatable bonds is 5. The Labute approximate surface area is 130 Å². The van der Waals surface area contributed by atoms with E-state index in [-0.39, 0.29) is 22.0 Å². The molecule has 9 heteroatoms. The molecule has 2 aromatic rings. The molecule has 0 amide bonds. The maximum Gasteiger partial charge on any atom is 0.337 e. The molecule has 0 aliphatic heterocycles. The highest BCUT2D eigenvalue weighted by Gasteiger charge is 2.18. The molecule has 1 heterocycles. The molecule has 0 fully saturated rings. The predicted octanol–water partition coefficient (Wildman–Crippen LogP) is 2.28. The summed E-state index contributed by atoms with van der Waals surface area (Å²) in [6.07, 6.45) is 1.59. The van der Waals surface area contributed by atoms with Crippen LogP contribution in [0, 0.1) is 6.92 Å². The summed E-state index contributed by atoms with van der Waals surface area (Å²) in [7, 11) is -3.82. The van der Waals surface area contributed by atoms with Crippen molar-refractivity contribution in [1.29, 1.82) is 0 Å². The van der Waals surface area contributed by atoms with Gasteiger partial charge in [0.25, 0.3) is 0 Å². The lowest BCUT2D eigenvalue weighted by Crippen LogP contribution is -2.23. The number of halogens is 1. The molecule has 21 heavy (non-hydrogen) atoms. The number of nitrogens with zero attached hydrogens (tertiary/aromatic N) is 1. The molecule has 112 valence electrons. The Hall–Kier alpha value is -1.48. The van der Waals surface area contributed by atoms with Gasteiger partial charge in [-0.05, 0) is 25.1 Å². The smallest absolute Gasteiger partial charge is 0.337 e. The topological polar surface area (TPSA) is 96.4 Å². The first kappa shape index (κ1) is 15.9. The van der Waals surface area contributed by atoms with E-state index in [4.69, 9.17) is 16.7 Å². The van der Waals surface area contributed by atoms with Crippen molar-refractivity contribution in [3.8, 4) is 0 Å². The van der Waals surface area contributed by atoms with Crippen molar-refractivity contribution in [2.24, 2.45) is 0 Å². The average Bonchev–Trinajstić information content (AvgIpc) is 2.82. The van der Waals surface area contributed by atoms with E-state index >= 15 is 0 Å². The lowest BCUT2D eigenvalue weighted by molar-refractivity contribution is 0.0697. The van der Waals surface area contributed by atoms with Gasteiger partial charge in [0.15, 0.2) is 0 Å². The molecule has 1 aromatic heterocycles. The van der Waals surface area contributed by atoms with Gasteiger partial charge in [0.05, 0.1) is 20.5 Å². The van der Waals surface area contributed by atoms with Crippen molar-refractivity contribution in [3.05, 3.63) is 44.9 Å². The molecule has 0 atom stereocenters. The van der Waals surface area contributed by atoms with Crippen molar-refractivity contribution in [2.75, 3.05) is 0 Å². The predicted molar refractivity (Wildman–Crippen MR) is 79.3 cm³/mol. The van der Waals surface area contributed by atoms with Gasteiger partial charge < -0.3 is 5.11 Å². The molecule has 0 saturated heterocycles. The zero-order valence-electron chi connectivity index (χ0n) is 10.8. The number of carboxylic acids is 1. The van der Waals surface area contributed by atoms with Crippen LogP contribution in [0.15, 0.2) is 29.3 Å². The second-order valence-electron chi connectivity index (χ2n) is 4.12. The zero-order valence-corrected chi connectivity index (χ0v) is 13.2. The molecular weight excluding hydrogens is 336 g/mol. The fourth-order valence-corrected chi connectivity index (χ4v) is 3.63. The van der Waals surface area contributed by atoms with E-state index < -0.39 is 16.0 Å².